The molecule has 0 amide bonds. The smallest absolute Gasteiger partial charge is 0.161 e. The summed E-state index contributed by atoms with van der Waals surface area (Å²) in [5, 5.41) is 0. The van der Waals surface area contributed by atoms with Gasteiger partial charge in [0.1, 0.15) is 0 Å². The summed E-state index contributed by atoms with van der Waals surface area (Å²) in [6, 6.07) is 6.07. The van der Waals surface area contributed by atoms with Gasteiger partial charge in [0.2, 0.25) is 0 Å². The van der Waals surface area contributed by atoms with Gasteiger partial charge in [0, 0.05) is 0 Å². The lowest BCUT2D eigenvalue weighted by atomic mass is 9.93. The van der Waals surface area contributed by atoms with Crippen LogP contribution in [0.4, 0.5) is 0 Å². The average Bonchev–Trinajstić information content (AvgIpc) is 2.31. The second-order valence-electron chi connectivity index (χ2n) is 5.91. The Morgan fingerprint density at radius 2 is 1.84 bits per heavy atom. The summed E-state index contributed by atoms with van der Waals surface area (Å²) in [6.45, 7) is 10.6. The number of rotatable bonds is 7. The maximum Gasteiger partial charge on any atom is 0.161 e. The predicted molar refractivity (Wildman–Crippen MR) is 79.9 cm³/mol. The molecule has 0 aliphatic carbocycles. The van der Waals surface area contributed by atoms with Gasteiger partial charge < -0.3 is 15.2 Å². The number of benzene rings is 1. The second kappa shape index (κ2) is 7.39. The molecule has 0 heterocycles. The maximum atomic E-state index is 5.84. The first kappa shape index (κ1) is 15.8. The molecule has 1 rings (SSSR count). The Morgan fingerprint density at radius 3 is 2.42 bits per heavy atom. The van der Waals surface area contributed by atoms with E-state index >= 15 is 0 Å². The molecular formula is C16H27NO2. The minimum atomic E-state index is 0.283. The first-order valence-corrected chi connectivity index (χ1v) is 7.05. The summed E-state index contributed by atoms with van der Waals surface area (Å²) < 4.78 is 11.5. The molecule has 0 unspecified atom stereocenters. The van der Waals surface area contributed by atoms with Crippen LogP contribution in [0.1, 0.15) is 39.7 Å². The summed E-state index contributed by atoms with van der Waals surface area (Å²) >= 11 is 0. The molecule has 0 aliphatic rings. The minimum absolute atomic E-state index is 0.283. The first-order valence-electron chi connectivity index (χ1n) is 7.05. The van der Waals surface area contributed by atoms with Crippen LogP contribution in [0.15, 0.2) is 18.2 Å². The molecule has 1 aromatic carbocycles. The fourth-order valence-corrected chi connectivity index (χ4v) is 1.73. The predicted octanol–water partition coefficient (Wildman–Crippen LogP) is 3.40. The quantitative estimate of drug-likeness (QED) is 0.821. The van der Waals surface area contributed by atoms with E-state index in [1.54, 1.807) is 0 Å². The molecule has 0 bridgehead atoms. The van der Waals surface area contributed by atoms with Gasteiger partial charge in [0.25, 0.3) is 0 Å². The maximum absolute atomic E-state index is 5.84. The van der Waals surface area contributed by atoms with Crippen molar-refractivity contribution in [2.45, 2.75) is 40.5 Å². The Hall–Kier alpha value is -1.22. The van der Waals surface area contributed by atoms with Gasteiger partial charge >= 0.3 is 0 Å². The zero-order valence-corrected chi connectivity index (χ0v) is 12.7. The zero-order valence-electron chi connectivity index (χ0n) is 12.7. The Morgan fingerprint density at radius 1 is 1.11 bits per heavy atom. The van der Waals surface area contributed by atoms with E-state index in [4.69, 9.17) is 15.2 Å². The van der Waals surface area contributed by atoms with Gasteiger partial charge in [-0.15, -0.1) is 0 Å². The summed E-state index contributed by atoms with van der Waals surface area (Å²) in [6.07, 6.45) is 1.88. The second-order valence-corrected chi connectivity index (χ2v) is 5.91. The van der Waals surface area contributed by atoms with E-state index in [1.165, 1.54) is 5.56 Å². The van der Waals surface area contributed by atoms with Gasteiger partial charge in [0.15, 0.2) is 11.5 Å². The largest absolute Gasteiger partial charge is 0.490 e. The molecule has 0 aliphatic heterocycles. The van der Waals surface area contributed by atoms with E-state index in [0.29, 0.717) is 19.8 Å². The number of hydrogen-bond donors (Lipinski definition) is 1. The molecule has 19 heavy (non-hydrogen) atoms. The molecule has 108 valence electrons. The first-order chi connectivity index (χ1) is 8.96. The van der Waals surface area contributed by atoms with E-state index in [0.717, 1.165) is 24.3 Å². The molecule has 3 heteroatoms. The van der Waals surface area contributed by atoms with E-state index in [-0.39, 0.29) is 5.41 Å². The van der Waals surface area contributed by atoms with E-state index < -0.39 is 0 Å². The number of ether oxygens (including phenoxy) is 2. The molecule has 0 radical (unpaired) electrons. The molecule has 3 nitrogen and oxygen atoms in total. The highest BCUT2D eigenvalue weighted by Crippen LogP contribution is 2.29. The molecule has 0 fully saturated rings. The lowest BCUT2D eigenvalue weighted by Crippen LogP contribution is -2.11. The monoisotopic (exact) mass is 265 g/mol. The van der Waals surface area contributed by atoms with Crippen molar-refractivity contribution < 1.29 is 9.47 Å². The molecule has 0 atom stereocenters. The SMILES string of the molecule is CCOc1cc(CCN)ccc1OCCC(C)(C)C. The van der Waals surface area contributed by atoms with E-state index in [9.17, 15) is 0 Å². The van der Waals surface area contributed by atoms with Gasteiger partial charge in [-0.3, -0.25) is 0 Å². The highest BCUT2D eigenvalue weighted by molar-refractivity contribution is 5.43. The van der Waals surface area contributed by atoms with Gasteiger partial charge in [-0.05, 0) is 49.4 Å². The van der Waals surface area contributed by atoms with Crippen molar-refractivity contribution in [3.05, 3.63) is 23.8 Å². The van der Waals surface area contributed by atoms with Crippen LogP contribution in [-0.4, -0.2) is 19.8 Å². The van der Waals surface area contributed by atoms with Crippen LogP contribution in [0.3, 0.4) is 0 Å². The minimum Gasteiger partial charge on any atom is -0.490 e. The lowest BCUT2D eigenvalue weighted by molar-refractivity contribution is 0.229. The Balaban J connectivity index is 2.70. The third kappa shape index (κ3) is 5.97. The fraction of sp³-hybridized carbons (Fsp3) is 0.625. The number of nitrogens with two attached hydrogens (primary N) is 1. The lowest BCUT2D eigenvalue weighted by Gasteiger charge is -2.19. The molecular weight excluding hydrogens is 238 g/mol. The Bertz CT molecular complexity index is 383. The van der Waals surface area contributed by atoms with Crippen LogP contribution in [0.25, 0.3) is 0 Å². The van der Waals surface area contributed by atoms with E-state index in [1.807, 2.05) is 19.1 Å². The molecule has 2 N–H and O–H groups in total. The Labute approximate surface area is 117 Å². The summed E-state index contributed by atoms with van der Waals surface area (Å²) in [5.74, 6) is 1.65. The van der Waals surface area contributed by atoms with Crippen molar-refractivity contribution >= 4 is 0 Å². The third-order valence-corrected chi connectivity index (χ3v) is 2.85. The third-order valence-electron chi connectivity index (χ3n) is 2.85. The van der Waals surface area contributed by atoms with Crippen LogP contribution < -0.4 is 15.2 Å². The van der Waals surface area contributed by atoms with Crippen LogP contribution in [0.2, 0.25) is 0 Å². The van der Waals surface area contributed by atoms with Crippen LogP contribution in [0, 0.1) is 5.41 Å². The normalized spacial score (nSPS) is 11.4. The van der Waals surface area contributed by atoms with Crippen molar-refractivity contribution in [1.82, 2.24) is 0 Å². The summed E-state index contributed by atoms with van der Waals surface area (Å²) in [7, 11) is 0. The standard InChI is InChI=1S/C16H27NO2/c1-5-18-15-12-13(8-10-17)6-7-14(15)19-11-9-16(2,3)4/h6-7,12H,5,8-11,17H2,1-4H3. The highest BCUT2D eigenvalue weighted by atomic mass is 16.5. The molecule has 1 aromatic rings. The van der Waals surface area contributed by atoms with E-state index in [2.05, 4.69) is 26.8 Å². The number of hydrogen-bond acceptors (Lipinski definition) is 3. The summed E-state index contributed by atoms with van der Waals surface area (Å²) in [5.41, 5.74) is 7.05. The highest BCUT2D eigenvalue weighted by Gasteiger charge is 2.12. The van der Waals surface area contributed by atoms with Gasteiger partial charge in [-0.2, -0.15) is 0 Å². The molecule has 0 aromatic heterocycles. The van der Waals surface area contributed by atoms with Crippen LogP contribution in [-0.2, 0) is 6.42 Å². The van der Waals surface area contributed by atoms with Gasteiger partial charge in [-0.25, -0.2) is 0 Å². The van der Waals surface area contributed by atoms with Crippen LogP contribution >= 0.6 is 0 Å². The van der Waals surface area contributed by atoms with Crippen molar-refractivity contribution in [3.8, 4) is 11.5 Å². The van der Waals surface area contributed by atoms with Gasteiger partial charge in [-0.1, -0.05) is 26.8 Å². The Kier molecular flexibility index (Phi) is 6.16. The van der Waals surface area contributed by atoms with Crippen molar-refractivity contribution in [2.75, 3.05) is 19.8 Å². The van der Waals surface area contributed by atoms with Crippen molar-refractivity contribution in [3.63, 3.8) is 0 Å². The summed E-state index contributed by atoms with van der Waals surface area (Å²) in [4.78, 5) is 0. The molecule has 0 spiro atoms. The fourth-order valence-electron chi connectivity index (χ4n) is 1.73. The van der Waals surface area contributed by atoms with Crippen molar-refractivity contribution in [1.29, 1.82) is 0 Å². The average molecular weight is 265 g/mol. The van der Waals surface area contributed by atoms with Gasteiger partial charge in [0.05, 0.1) is 13.2 Å². The van der Waals surface area contributed by atoms with Crippen molar-refractivity contribution in [2.24, 2.45) is 11.1 Å². The molecule has 0 saturated carbocycles. The zero-order chi connectivity index (χ0) is 14.3. The topological polar surface area (TPSA) is 44.5 Å². The molecule has 0 saturated heterocycles. The van der Waals surface area contributed by atoms with Crippen LogP contribution in [0.5, 0.6) is 11.5 Å².